The molecule has 0 nitrogen and oxygen atoms in total. The van der Waals surface area contributed by atoms with Crippen LogP contribution in [0.25, 0.3) is 0 Å². The van der Waals surface area contributed by atoms with E-state index >= 15 is 0 Å². The molecule has 0 aromatic heterocycles. The molecule has 0 aromatic rings. The highest BCUT2D eigenvalue weighted by Gasteiger charge is 2.14. The van der Waals surface area contributed by atoms with Crippen LogP contribution in [0.15, 0.2) is 0 Å². The molecular formula is C10H21Cl. The lowest BCUT2D eigenvalue weighted by Crippen LogP contribution is -2.13. The van der Waals surface area contributed by atoms with E-state index in [9.17, 15) is 0 Å². The van der Waals surface area contributed by atoms with Crippen molar-refractivity contribution in [3.63, 3.8) is 0 Å². The average Bonchev–Trinajstić information content (AvgIpc) is 1.86. The topological polar surface area (TPSA) is 0 Å². The van der Waals surface area contributed by atoms with Gasteiger partial charge in [-0.15, -0.1) is 11.6 Å². The van der Waals surface area contributed by atoms with Gasteiger partial charge >= 0.3 is 0 Å². The standard InChI is InChI=1S/C10H21Cl/c1-5-6-10(11)9(4)7-8(2)3/h8-10H,5-7H2,1-4H3. The molecule has 0 aliphatic carbocycles. The molecule has 0 aliphatic heterocycles. The molecule has 2 unspecified atom stereocenters. The van der Waals surface area contributed by atoms with Crippen LogP contribution in [-0.2, 0) is 0 Å². The van der Waals surface area contributed by atoms with Gasteiger partial charge in [-0.1, -0.05) is 34.1 Å². The number of hydrogen-bond acceptors (Lipinski definition) is 0. The van der Waals surface area contributed by atoms with Gasteiger partial charge in [0.15, 0.2) is 0 Å². The largest absolute Gasteiger partial charge is 0.123 e. The fourth-order valence-electron chi connectivity index (χ4n) is 1.45. The minimum atomic E-state index is 0.391. The summed E-state index contributed by atoms with van der Waals surface area (Å²) in [6.45, 7) is 8.96. The van der Waals surface area contributed by atoms with E-state index in [-0.39, 0.29) is 0 Å². The molecule has 68 valence electrons. The third-order valence-corrected chi connectivity index (χ3v) is 2.67. The molecule has 0 N–H and O–H groups in total. The first-order valence-electron chi connectivity index (χ1n) is 4.72. The molecular weight excluding hydrogens is 156 g/mol. The SMILES string of the molecule is CCCC(Cl)C(C)CC(C)C. The second-order valence-corrected chi connectivity index (χ2v) is 4.47. The zero-order valence-corrected chi connectivity index (χ0v) is 8.99. The highest BCUT2D eigenvalue weighted by molar-refractivity contribution is 6.20. The van der Waals surface area contributed by atoms with Crippen LogP contribution in [0.5, 0.6) is 0 Å². The van der Waals surface area contributed by atoms with Crippen LogP contribution >= 0.6 is 11.6 Å². The maximum Gasteiger partial charge on any atom is 0.0361 e. The van der Waals surface area contributed by atoms with Crippen LogP contribution in [0.2, 0.25) is 0 Å². The van der Waals surface area contributed by atoms with Gasteiger partial charge < -0.3 is 0 Å². The van der Waals surface area contributed by atoms with Gasteiger partial charge in [0.1, 0.15) is 0 Å². The van der Waals surface area contributed by atoms with Gasteiger partial charge in [-0.05, 0) is 24.7 Å². The maximum absolute atomic E-state index is 6.18. The molecule has 0 heterocycles. The van der Waals surface area contributed by atoms with Gasteiger partial charge in [0.2, 0.25) is 0 Å². The minimum Gasteiger partial charge on any atom is -0.123 e. The number of rotatable bonds is 5. The van der Waals surface area contributed by atoms with Crippen molar-refractivity contribution in [2.75, 3.05) is 0 Å². The summed E-state index contributed by atoms with van der Waals surface area (Å²) < 4.78 is 0. The number of alkyl halides is 1. The fourth-order valence-corrected chi connectivity index (χ4v) is 1.77. The zero-order valence-electron chi connectivity index (χ0n) is 8.23. The first-order valence-corrected chi connectivity index (χ1v) is 5.15. The molecule has 0 amide bonds. The van der Waals surface area contributed by atoms with Crippen LogP contribution in [0.3, 0.4) is 0 Å². The van der Waals surface area contributed by atoms with Gasteiger partial charge in [-0.3, -0.25) is 0 Å². The van der Waals surface area contributed by atoms with E-state index in [1.54, 1.807) is 0 Å². The Morgan fingerprint density at radius 3 is 2.09 bits per heavy atom. The van der Waals surface area contributed by atoms with Crippen LogP contribution in [-0.4, -0.2) is 5.38 Å². The van der Waals surface area contributed by atoms with Gasteiger partial charge in [0.05, 0.1) is 0 Å². The summed E-state index contributed by atoms with van der Waals surface area (Å²) in [7, 11) is 0. The van der Waals surface area contributed by atoms with E-state index < -0.39 is 0 Å². The van der Waals surface area contributed by atoms with Crippen LogP contribution < -0.4 is 0 Å². The Morgan fingerprint density at radius 2 is 1.73 bits per heavy atom. The summed E-state index contributed by atoms with van der Waals surface area (Å²) >= 11 is 6.18. The smallest absolute Gasteiger partial charge is 0.0361 e. The van der Waals surface area contributed by atoms with Crippen molar-refractivity contribution < 1.29 is 0 Å². The van der Waals surface area contributed by atoms with Crippen LogP contribution in [0.1, 0.15) is 47.0 Å². The molecule has 0 saturated carbocycles. The van der Waals surface area contributed by atoms with Crippen LogP contribution in [0.4, 0.5) is 0 Å². The number of halogens is 1. The Kier molecular flexibility index (Phi) is 6.03. The Bertz CT molecular complexity index is 88.9. The van der Waals surface area contributed by atoms with Crippen molar-refractivity contribution in [1.29, 1.82) is 0 Å². The Hall–Kier alpha value is 0.290. The van der Waals surface area contributed by atoms with Crippen LogP contribution in [0, 0.1) is 11.8 Å². The van der Waals surface area contributed by atoms with Crippen molar-refractivity contribution in [3.05, 3.63) is 0 Å². The second-order valence-electron chi connectivity index (χ2n) is 3.91. The van der Waals surface area contributed by atoms with Crippen molar-refractivity contribution in [2.45, 2.75) is 52.3 Å². The lowest BCUT2D eigenvalue weighted by atomic mass is 9.94. The molecule has 0 rings (SSSR count). The molecule has 0 bridgehead atoms. The highest BCUT2D eigenvalue weighted by Crippen LogP contribution is 2.22. The minimum absolute atomic E-state index is 0.391. The quantitative estimate of drug-likeness (QED) is 0.554. The maximum atomic E-state index is 6.18. The van der Waals surface area contributed by atoms with Crippen molar-refractivity contribution >= 4 is 11.6 Å². The summed E-state index contributed by atoms with van der Waals surface area (Å²) in [6.07, 6.45) is 3.63. The highest BCUT2D eigenvalue weighted by atomic mass is 35.5. The third kappa shape index (κ3) is 5.55. The van der Waals surface area contributed by atoms with Crippen molar-refractivity contribution in [1.82, 2.24) is 0 Å². The first-order chi connectivity index (χ1) is 5.07. The molecule has 0 spiro atoms. The number of hydrogen-bond donors (Lipinski definition) is 0. The fraction of sp³-hybridized carbons (Fsp3) is 1.00. The third-order valence-electron chi connectivity index (χ3n) is 2.03. The summed E-state index contributed by atoms with van der Waals surface area (Å²) in [5.74, 6) is 1.46. The Labute approximate surface area is 76.3 Å². The van der Waals surface area contributed by atoms with Gasteiger partial charge in [-0.2, -0.15) is 0 Å². The van der Waals surface area contributed by atoms with Crippen molar-refractivity contribution in [3.8, 4) is 0 Å². The molecule has 0 aromatic carbocycles. The monoisotopic (exact) mass is 176 g/mol. The molecule has 1 heteroatoms. The van der Waals surface area contributed by atoms with E-state index in [0.29, 0.717) is 11.3 Å². The summed E-state index contributed by atoms with van der Waals surface area (Å²) in [5.41, 5.74) is 0. The van der Waals surface area contributed by atoms with E-state index in [2.05, 4.69) is 27.7 Å². The Balaban J connectivity index is 3.54. The Morgan fingerprint density at radius 1 is 1.18 bits per heavy atom. The first kappa shape index (κ1) is 11.3. The predicted octanol–water partition coefficient (Wildman–Crippen LogP) is 4.08. The lowest BCUT2D eigenvalue weighted by molar-refractivity contribution is 0.410. The summed E-state index contributed by atoms with van der Waals surface area (Å²) in [6, 6.07) is 0. The van der Waals surface area contributed by atoms with E-state index in [0.717, 1.165) is 12.3 Å². The molecule has 11 heavy (non-hydrogen) atoms. The van der Waals surface area contributed by atoms with E-state index in [1.807, 2.05) is 0 Å². The summed E-state index contributed by atoms with van der Waals surface area (Å²) in [5, 5.41) is 0.391. The van der Waals surface area contributed by atoms with Gasteiger partial charge in [0.25, 0.3) is 0 Å². The normalized spacial score (nSPS) is 16.9. The molecule has 2 atom stereocenters. The molecule has 0 radical (unpaired) electrons. The predicted molar refractivity (Wildman–Crippen MR) is 53.2 cm³/mol. The van der Waals surface area contributed by atoms with Gasteiger partial charge in [-0.25, -0.2) is 0 Å². The van der Waals surface area contributed by atoms with E-state index in [4.69, 9.17) is 11.6 Å². The summed E-state index contributed by atoms with van der Waals surface area (Å²) in [4.78, 5) is 0. The molecule has 0 saturated heterocycles. The second kappa shape index (κ2) is 5.88. The lowest BCUT2D eigenvalue weighted by Gasteiger charge is -2.18. The average molecular weight is 177 g/mol. The molecule has 0 fully saturated rings. The van der Waals surface area contributed by atoms with Crippen molar-refractivity contribution in [2.24, 2.45) is 11.8 Å². The van der Waals surface area contributed by atoms with E-state index in [1.165, 1.54) is 12.8 Å². The van der Waals surface area contributed by atoms with Gasteiger partial charge in [0, 0.05) is 5.38 Å². The zero-order chi connectivity index (χ0) is 8.85. The molecule has 0 aliphatic rings.